The van der Waals surface area contributed by atoms with Gasteiger partial charge in [0.05, 0.1) is 30.2 Å². The van der Waals surface area contributed by atoms with Crippen molar-refractivity contribution >= 4 is 66.6 Å². The number of anilines is 1. The summed E-state index contributed by atoms with van der Waals surface area (Å²) in [6, 6.07) is 0.900. The molecule has 1 fully saturated rings. The molecule has 1 unspecified atom stereocenters. The summed E-state index contributed by atoms with van der Waals surface area (Å²) in [5, 5.41) is 5.76. The van der Waals surface area contributed by atoms with Gasteiger partial charge in [-0.3, -0.25) is 14.4 Å². The lowest BCUT2D eigenvalue weighted by Gasteiger charge is -2.27. The Morgan fingerprint density at radius 2 is 1.79 bits per heavy atom. The first-order valence-electron chi connectivity index (χ1n) is 17.0. The van der Waals surface area contributed by atoms with Gasteiger partial charge in [-0.1, -0.05) is 6.92 Å². The molecule has 3 N–H and O–H groups in total. The first kappa shape index (κ1) is 41.8. The number of hydrogen-bond donors (Lipinski definition) is 3. The zero-order valence-corrected chi connectivity index (χ0v) is 33.4. The van der Waals surface area contributed by atoms with E-state index in [1.54, 1.807) is 6.92 Å². The molecule has 4 heterocycles. The molecule has 0 spiro atoms. The molecule has 0 aromatic carbocycles. The third-order valence-electron chi connectivity index (χ3n) is 8.14. The van der Waals surface area contributed by atoms with Crippen LogP contribution in [0.15, 0.2) is 14.5 Å². The van der Waals surface area contributed by atoms with Gasteiger partial charge in [0, 0.05) is 49.6 Å². The number of carbonyl (C=O) groups excluding carboxylic acids is 3. The van der Waals surface area contributed by atoms with Gasteiger partial charge in [-0.05, 0) is 60.1 Å². The van der Waals surface area contributed by atoms with E-state index >= 15 is 0 Å². The standard InChI is InChI=1S/C31H48N6O11S4/c1-7-32-23-15-19(2)51(41,42)30-22(23)16-26(49-30)52(43,44)36-28(40)20(3)47-24(38)9-8-10-25(39)48-21(17-33-31(4,5)6)18-46-29-27(34-50-35-29)37-11-13-45-14-12-37/h16,19-21,23,32-33H,7-15,17-18H2,1-6H3,(H,36,40)/t19-,20?,21-,23-/m0/s1. The highest BCUT2D eigenvalue weighted by Crippen LogP contribution is 2.42. The van der Waals surface area contributed by atoms with Crippen LogP contribution in [0.4, 0.5) is 5.82 Å². The molecule has 1 amide bonds. The number of ether oxygens (including phenoxy) is 4. The summed E-state index contributed by atoms with van der Waals surface area (Å²) in [5.41, 5.74) is 0.0741. The highest BCUT2D eigenvalue weighted by molar-refractivity contribution is 7.95. The normalized spacial score (nSPS) is 20.0. The number of amides is 1. The van der Waals surface area contributed by atoms with E-state index in [0.29, 0.717) is 61.4 Å². The number of sulfone groups is 1. The average Bonchev–Trinajstić information content (AvgIpc) is 3.74. The van der Waals surface area contributed by atoms with E-state index in [1.165, 1.54) is 13.0 Å². The summed E-state index contributed by atoms with van der Waals surface area (Å²) in [6.45, 7) is 13.8. The Balaban J connectivity index is 1.26. The summed E-state index contributed by atoms with van der Waals surface area (Å²) in [5.74, 6) is -1.57. The third-order valence-corrected chi connectivity index (χ3v) is 14.4. The molecule has 0 saturated carbocycles. The van der Waals surface area contributed by atoms with Gasteiger partial charge in [-0.25, -0.2) is 21.6 Å². The fraction of sp³-hybridized carbons (Fsp3) is 0.710. The van der Waals surface area contributed by atoms with Crippen LogP contribution in [0.3, 0.4) is 0 Å². The quantitative estimate of drug-likeness (QED) is 0.194. The average molecular weight is 809 g/mol. The smallest absolute Gasteiger partial charge is 0.306 e. The molecule has 0 aliphatic carbocycles. The van der Waals surface area contributed by atoms with E-state index in [2.05, 4.69) is 19.4 Å². The number of rotatable bonds is 17. The number of sulfonamides is 1. The summed E-state index contributed by atoms with van der Waals surface area (Å²) >= 11 is 1.59. The Morgan fingerprint density at radius 3 is 2.44 bits per heavy atom. The molecule has 2 aromatic rings. The lowest BCUT2D eigenvalue weighted by Crippen LogP contribution is -2.44. The first-order valence-corrected chi connectivity index (χ1v) is 21.6. The van der Waals surface area contributed by atoms with Crippen LogP contribution in [0.5, 0.6) is 5.88 Å². The monoisotopic (exact) mass is 808 g/mol. The predicted octanol–water partition coefficient (Wildman–Crippen LogP) is 1.94. The number of nitrogens with one attached hydrogen (secondary N) is 3. The van der Waals surface area contributed by atoms with Crippen molar-refractivity contribution in [3.05, 3.63) is 11.6 Å². The maximum atomic E-state index is 13.1. The van der Waals surface area contributed by atoms with Crippen LogP contribution in [-0.4, -0.2) is 112 Å². The maximum Gasteiger partial charge on any atom is 0.306 e. The number of morpholine rings is 1. The van der Waals surface area contributed by atoms with Crippen molar-refractivity contribution < 1.29 is 50.2 Å². The molecule has 2 aliphatic rings. The molecule has 2 aliphatic heterocycles. The van der Waals surface area contributed by atoms with Crippen LogP contribution in [-0.2, 0) is 48.5 Å². The van der Waals surface area contributed by atoms with Crippen molar-refractivity contribution in [2.24, 2.45) is 0 Å². The van der Waals surface area contributed by atoms with Gasteiger partial charge in [0.2, 0.25) is 5.82 Å². The summed E-state index contributed by atoms with van der Waals surface area (Å²) in [7, 11) is -8.22. The van der Waals surface area contributed by atoms with E-state index in [-0.39, 0.29) is 58.8 Å². The number of aromatic nitrogens is 2. The SMILES string of the molecule is CCN[C@H]1C[C@H](C)S(=O)(=O)c2sc(S(=O)(=O)NC(=O)C(C)OC(=O)CCCC(=O)O[C@@H](CNC(C)(C)C)COc3nsnc3N3CCOCC3)cc21. The van der Waals surface area contributed by atoms with Crippen LogP contribution in [0.1, 0.15) is 78.8 Å². The molecule has 17 nitrogen and oxygen atoms in total. The zero-order valence-electron chi connectivity index (χ0n) is 30.1. The maximum absolute atomic E-state index is 13.1. The van der Waals surface area contributed by atoms with Gasteiger partial charge in [0.1, 0.15) is 21.1 Å². The molecule has 292 valence electrons. The van der Waals surface area contributed by atoms with Gasteiger partial charge in [0.15, 0.2) is 15.9 Å². The number of esters is 2. The van der Waals surface area contributed by atoms with Gasteiger partial charge in [0.25, 0.3) is 21.8 Å². The van der Waals surface area contributed by atoms with Crippen LogP contribution in [0.25, 0.3) is 0 Å². The first-order chi connectivity index (χ1) is 24.4. The zero-order chi connectivity index (χ0) is 38.3. The summed E-state index contributed by atoms with van der Waals surface area (Å²) < 4.78 is 84.2. The molecule has 0 radical (unpaired) electrons. The molecule has 4 rings (SSSR count). The minimum Gasteiger partial charge on any atom is -0.470 e. The fourth-order valence-corrected chi connectivity index (χ4v) is 10.9. The number of carbonyl (C=O) groups is 3. The van der Waals surface area contributed by atoms with E-state index in [9.17, 15) is 31.2 Å². The Bertz CT molecular complexity index is 1770. The largest absolute Gasteiger partial charge is 0.470 e. The molecule has 0 bridgehead atoms. The number of fused-ring (bicyclic) bond motifs is 1. The third kappa shape index (κ3) is 11.3. The van der Waals surface area contributed by atoms with Crippen molar-refractivity contribution in [3.8, 4) is 5.88 Å². The lowest BCUT2D eigenvalue weighted by molar-refractivity contribution is -0.155. The van der Waals surface area contributed by atoms with E-state index in [0.717, 1.165) is 11.7 Å². The van der Waals surface area contributed by atoms with E-state index < -0.39 is 55.2 Å². The summed E-state index contributed by atoms with van der Waals surface area (Å²) in [4.78, 5) is 40.0. The van der Waals surface area contributed by atoms with Crippen molar-refractivity contribution in [1.82, 2.24) is 24.1 Å². The minimum atomic E-state index is -4.48. The van der Waals surface area contributed by atoms with E-state index in [1.807, 2.05) is 37.3 Å². The topological polar surface area (TPSA) is 222 Å². The molecule has 4 atom stereocenters. The van der Waals surface area contributed by atoms with Crippen molar-refractivity contribution in [2.75, 3.05) is 50.9 Å². The number of hydrogen-bond acceptors (Lipinski definition) is 18. The second-order valence-corrected chi connectivity index (χ2v) is 19.6. The van der Waals surface area contributed by atoms with Crippen molar-refractivity contribution in [3.63, 3.8) is 0 Å². The number of nitrogens with zero attached hydrogens (tertiary/aromatic N) is 3. The van der Waals surface area contributed by atoms with Gasteiger partial charge in [-0.2, -0.15) is 4.37 Å². The molecule has 2 aromatic heterocycles. The number of thiophene rings is 1. The van der Waals surface area contributed by atoms with Gasteiger partial charge < -0.3 is 34.5 Å². The Morgan fingerprint density at radius 1 is 1.12 bits per heavy atom. The van der Waals surface area contributed by atoms with Crippen molar-refractivity contribution in [1.29, 1.82) is 0 Å². The predicted molar refractivity (Wildman–Crippen MR) is 193 cm³/mol. The lowest BCUT2D eigenvalue weighted by atomic mass is 10.1. The molecule has 52 heavy (non-hydrogen) atoms. The van der Waals surface area contributed by atoms with Crippen LogP contribution in [0.2, 0.25) is 0 Å². The van der Waals surface area contributed by atoms with Crippen LogP contribution >= 0.6 is 23.1 Å². The van der Waals surface area contributed by atoms with Crippen LogP contribution < -0.4 is 25.0 Å². The van der Waals surface area contributed by atoms with Gasteiger partial charge >= 0.3 is 11.9 Å². The van der Waals surface area contributed by atoms with Gasteiger partial charge in [-0.15, -0.1) is 15.7 Å². The molecular weight excluding hydrogens is 761 g/mol. The molecule has 1 saturated heterocycles. The van der Waals surface area contributed by atoms with E-state index in [4.69, 9.17) is 18.9 Å². The highest BCUT2D eigenvalue weighted by atomic mass is 32.3. The van der Waals surface area contributed by atoms with Crippen molar-refractivity contribution in [2.45, 2.75) is 105 Å². The van der Waals surface area contributed by atoms with Crippen LogP contribution in [0, 0.1) is 0 Å². The highest BCUT2D eigenvalue weighted by Gasteiger charge is 2.40. The fourth-order valence-electron chi connectivity index (χ4n) is 5.33. The second-order valence-electron chi connectivity index (χ2n) is 13.5. The Hall–Kier alpha value is -2.95. The Kier molecular flexibility index (Phi) is 14.4. The second kappa shape index (κ2) is 17.9. The minimum absolute atomic E-state index is 0.00832. The molecular formula is C31H48N6O11S4. The summed E-state index contributed by atoms with van der Waals surface area (Å²) in [6.07, 6.45) is -2.23. The Labute approximate surface area is 312 Å². The molecule has 21 heteroatoms.